The van der Waals surface area contributed by atoms with Crippen molar-refractivity contribution in [3.8, 4) is 0 Å². The number of hydrogen-bond acceptors (Lipinski definition) is 3. The number of rotatable bonds is 6. The van der Waals surface area contributed by atoms with E-state index in [1.54, 1.807) is 0 Å². The Hall–Kier alpha value is -1.39. The molecule has 0 aliphatic carbocycles. The fourth-order valence-electron chi connectivity index (χ4n) is 4.52. The highest BCUT2D eigenvalue weighted by Crippen LogP contribution is 2.40. The summed E-state index contributed by atoms with van der Waals surface area (Å²) in [6, 6.07) is 8.85. The number of benzene rings is 1. The number of nitrogens with zero attached hydrogens (tertiary/aromatic N) is 3. The second-order valence-electron chi connectivity index (χ2n) is 8.52. The summed E-state index contributed by atoms with van der Waals surface area (Å²) in [4.78, 5) is 19.2. The van der Waals surface area contributed by atoms with E-state index < -0.39 is 0 Å². The lowest BCUT2D eigenvalue weighted by Crippen LogP contribution is -2.52. The van der Waals surface area contributed by atoms with Gasteiger partial charge in [-0.05, 0) is 69.4 Å². The molecule has 0 unspecified atom stereocenters. The van der Waals surface area contributed by atoms with E-state index in [0.29, 0.717) is 11.3 Å². The van der Waals surface area contributed by atoms with Gasteiger partial charge in [-0.2, -0.15) is 0 Å². The molecular formula is C22H35N3O. The van der Waals surface area contributed by atoms with Crippen molar-refractivity contribution in [1.82, 2.24) is 14.7 Å². The fourth-order valence-corrected chi connectivity index (χ4v) is 4.52. The molecule has 0 atom stereocenters. The third kappa shape index (κ3) is 4.66. The molecule has 2 heterocycles. The number of amides is 1. The molecule has 1 spiro atoms. The molecule has 0 bridgehead atoms. The van der Waals surface area contributed by atoms with Crippen LogP contribution in [0.5, 0.6) is 0 Å². The summed E-state index contributed by atoms with van der Waals surface area (Å²) in [6.07, 6.45) is 5.40. The van der Waals surface area contributed by atoms with Gasteiger partial charge in [0.25, 0.3) is 0 Å². The van der Waals surface area contributed by atoms with Crippen LogP contribution < -0.4 is 0 Å². The van der Waals surface area contributed by atoms with Crippen LogP contribution in [0.4, 0.5) is 0 Å². The van der Waals surface area contributed by atoms with Gasteiger partial charge in [0.15, 0.2) is 0 Å². The average Bonchev–Trinajstić information content (AvgIpc) is 2.65. The van der Waals surface area contributed by atoms with Crippen LogP contribution in [-0.2, 0) is 17.8 Å². The molecule has 2 fully saturated rings. The van der Waals surface area contributed by atoms with Gasteiger partial charge in [0.1, 0.15) is 0 Å². The maximum atomic E-state index is 12.3. The van der Waals surface area contributed by atoms with E-state index in [0.717, 1.165) is 58.5 Å². The lowest BCUT2D eigenvalue weighted by atomic mass is 9.72. The summed E-state index contributed by atoms with van der Waals surface area (Å²) in [6.45, 7) is 8.44. The zero-order valence-corrected chi connectivity index (χ0v) is 16.8. The van der Waals surface area contributed by atoms with Gasteiger partial charge in [-0.25, -0.2) is 0 Å². The van der Waals surface area contributed by atoms with Crippen LogP contribution in [0.1, 0.15) is 43.7 Å². The zero-order chi connectivity index (χ0) is 18.6. The molecule has 0 N–H and O–H groups in total. The first-order valence-corrected chi connectivity index (χ1v) is 10.2. The van der Waals surface area contributed by atoms with Gasteiger partial charge in [0.2, 0.25) is 5.91 Å². The van der Waals surface area contributed by atoms with E-state index in [9.17, 15) is 4.79 Å². The van der Waals surface area contributed by atoms with E-state index in [1.807, 2.05) is 0 Å². The number of piperidine rings is 2. The van der Waals surface area contributed by atoms with Crippen molar-refractivity contribution in [3.63, 3.8) is 0 Å². The van der Waals surface area contributed by atoms with E-state index in [2.05, 4.69) is 60.0 Å². The summed E-state index contributed by atoms with van der Waals surface area (Å²) in [7, 11) is 4.16. The van der Waals surface area contributed by atoms with Gasteiger partial charge in [0.05, 0.1) is 0 Å². The Bertz CT molecular complexity index is 605. The third-order valence-corrected chi connectivity index (χ3v) is 6.38. The number of likely N-dealkylation sites (tertiary alicyclic amines) is 2. The minimum absolute atomic E-state index is 0.358. The minimum atomic E-state index is 0.358. The van der Waals surface area contributed by atoms with Crippen molar-refractivity contribution < 1.29 is 4.79 Å². The maximum Gasteiger partial charge on any atom is 0.222 e. The molecule has 1 amide bonds. The highest BCUT2D eigenvalue weighted by molar-refractivity contribution is 5.77. The Labute approximate surface area is 159 Å². The quantitative estimate of drug-likeness (QED) is 0.783. The highest BCUT2D eigenvalue weighted by atomic mass is 16.2. The number of hydrogen-bond donors (Lipinski definition) is 0. The second kappa shape index (κ2) is 8.53. The van der Waals surface area contributed by atoms with Crippen LogP contribution in [0, 0.1) is 5.41 Å². The number of carbonyl (C=O) groups excluding carboxylic acids is 1. The zero-order valence-electron chi connectivity index (χ0n) is 16.8. The van der Waals surface area contributed by atoms with Gasteiger partial charge >= 0.3 is 0 Å². The maximum absolute atomic E-state index is 12.3. The predicted molar refractivity (Wildman–Crippen MR) is 107 cm³/mol. The summed E-state index contributed by atoms with van der Waals surface area (Å²) >= 11 is 0. The largest absolute Gasteiger partial charge is 0.341 e. The first kappa shape index (κ1) is 19.4. The van der Waals surface area contributed by atoms with Crippen molar-refractivity contribution in [1.29, 1.82) is 0 Å². The monoisotopic (exact) mass is 357 g/mol. The van der Waals surface area contributed by atoms with Crippen LogP contribution >= 0.6 is 0 Å². The summed E-state index contributed by atoms with van der Waals surface area (Å²) < 4.78 is 0. The molecule has 0 aromatic heterocycles. The molecule has 26 heavy (non-hydrogen) atoms. The van der Waals surface area contributed by atoms with Crippen molar-refractivity contribution in [2.45, 2.75) is 45.6 Å². The summed E-state index contributed by atoms with van der Waals surface area (Å²) in [5, 5.41) is 0. The Balaban J connectivity index is 1.56. The Morgan fingerprint density at radius 3 is 2.42 bits per heavy atom. The van der Waals surface area contributed by atoms with E-state index >= 15 is 0 Å². The van der Waals surface area contributed by atoms with Crippen LogP contribution in [0.25, 0.3) is 0 Å². The minimum Gasteiger partial charge on any atom is -0.341 e. The van der Waals surface area contributed by atoms with Crippen molar-refractivity contribution in [2.24, 2.45) is 5.41 Å². The van der Waals surface area contributed by atoms with Gasteiger partial charge < -0.3 is 9.80 Å². The van der Waals surface area contributed by atoms with Gasteiger partial charge in [0, 0.05) is 32.6 Å². The molecule has 3 rings (SSSR count). The van der Waals surface area contributed by atoms with E-state index in [4.69, 9.17) is 0 Å². The molecule has 2 aliphatic heterocycles. The highest BCUT2D eigenvalue weighted by Gasteiger charge is 2.40. The molecule has 2 saturated heterocycles. The molecule has 4 heteroatoms. The fraction of sp³-hybridized carbons (Fsp3) is 0.682. The van der Waals surface area contributed by atoms with E-state index in [-0.39, 0.29) is 0 Å². The average molecular weight is 358 g/mol. The molecule has 0 saturated carbocycles. The number of aryl methyl sites for hydroxylation is 1. The topological polar surface area (TPSA) is 26.8 Å². The molecule has 1 aromatic rings. The number of likely N-dealkylation sites (N-methyl/N-ethyl adjacent to an activating group) is 1. The summed E-state index contributed by atoms with van der Waals surface area (Å²) in [5.74, 6) is 0.358. The molecule has 4 nitrogen and oxygen atoms in total. The van der Waals surface area contributed by atoms with Crippen molar-refractivity contribution in [2.75, 3.05) is 46.8 Å². The van der Waals surface area contributed by atoms with Gasteiger partial charge in [-0.1, -0.05) is 31.2 Å². The first-order chi connectivity index (χ1) is 12.5. The standard InChI is InChI=1S/C22H35N3O/c1-4-19-7-5-6-8-20(19)17-24-13-11-22(12-14-24)10-9-21(26)25(18-22)16-15-23(2)3/h5-8H,4,9-18H2,1-3H3. The van der Waals surface area contributed by atoms with Crippen molar-refractivity contribution in [3.05, 3.63) is 35.4 Å². The predicted octanol–water partition coefficient (Wildman–Crippen LogP) is 3.02. The van der Waals surface area contributed by atoms with Gasteiger partial charge in [-0.15, -0.1) is 0 Å². The van der Waals surface area contributed by atoms with Crippen LogP contribution in [-0.4, -0.2) is 67.4 Å². The van der Waals surface area contributed by atoms with Gasteiger partial charge in [-0.3, -0.25) is 9.69 Å². The Kier molecular flexibility index (Phi) is 6.36. The second-order valence-corrected chi connectivity index (χ2v) is 8.52. The summed E-state index contributed by atoms with van der Waals surface area (Å²) in [5.41, 5.74) is 3.32. The van der Waals surface area contributed by atoms with Crippen molar-refractivity contribution >= 4 is 5.91 Å². The SMILES string of the molecule is CCc1ccccc1CN1CCC2(CCC(=O)N(CCN(C)C)C2)CC1. The normalized spacial score (nSPS) is 20.9. The Morgan fingerprint density at radius 1 is 1.08 bits per heavy atom. The molecule has 0 radical (unpaired) electrons. The van der Waals surface area contributed by atoms with Crippen LogP contribution in [0.3, 0.4) is 0 Å². The third-order valence-electron chi connectivity index (χ3n) is 6.38. The lowest BCUT2D eigenvalue weighted by molar-refractivity contribution is -0.139. The molecular weight excluding hydrogens is 322 g/mol. The smallest absolute Gasteiger partial charge is 0.222 e. The van der Waals surface area contributed by atoms with Crippen LogP contribution in [0.15, 0.2) is 24.3 Å². The number of carbonyl (C=O) groups is 1. The molecule has 1 aromatic carbocycles. The van der Waals surface area contributed by atoms with E-state index in [1.165, 1.54) is 24.0 Å². The lowest BCUT2D eigenvalue weighted by Gasteiger charge is -2.47. The Morgan fingerprint density at radius 2 is 1.77 bits per heavy atom. The molecule has 144 valence electrons. The molecule has 2 aliphatic rings. The first-order valence-electron chi connectivity index (χ1n) is 10.2. The van der Waals surface area contributed by atoms with Crippen LogP contribution in [0.2, 0.25) is 0 Å².